The van der Waals surface area contributed by atoms with Gasteiger partial charge in [0.1, 0.15) is 11.6 Å². The number of nitrogens with one attached hydrogen (secondary N) is 1. The quantitative estimate of drug-likeness (QED) is 0.639. The Morgan fingerprint density at radius 3 is 2.65 bits per heavy atom. The molecule has 1 heterocycles. The number of benzene rings is 1. The van der Waals surface area contributed by atoms with Gasteiger partial charge in [0.25, 0.3) is 0 Å². The lowest BCUT2D eigenvalue weighted by Crippen LogP contribution is -2.40. The van der Waals surface area contributed by atoms with Crippen LogP contribution in [0.3, 0.4) is 0 Å². The van der Waals surface area contributed by atoms with Crippen molar-refractivity contribution < 1.29 is 18.4 Å². The lowest BCUT2D eigenvalue weighted by Gasteiger charge is -2.22. The van der Waals surface area contributed by atoms with E-state index >= 15 is 0 Å². The first kappa shape index (κ1) is 12.2. The van der Waals surface area contributed by atoms with Gasteiger partial charge < -0.3 is 0 Å². The van der Waals surface area contributed by atoms with E-state index < -0.39 is 29.4 Å². The molecule has 1 aliphatic heterocycles. The van der Waals surface area contributed by atoms with Crippen LogP contribution in [0.5, 0.6) is 0 Å². The lowest BCUT2D eigenvalue weighted by molar-refractivity contribution is -0.134. The van der Waals surface area contributed by atoms with Crippen molar-refractivity contribution >= 4 is 27.7 Å². The predicted molar refractivity (Wildman–Crippen MR) is 59.2 cm³/mol. The standard InChI is InChI=1S/C11H8BrF2NO2/c12-6-2-3-7(13)9(10(6)14)5-1-4-8(16)15-11(5)17/h2-3,5H,1,4H2,(H,15,16,17). The molecule has 1 aromatic carbocycles. The van der Waals surface area contributed by atoms with E-state index in [1.54, 1.807) is 0 Å². The van der Waals surface area contributed by atoms with Crippen LogP contribution in [0, 0.1) is 11.6 Å². The first-order valence-electron chi connectivity index (χ1n) is 4.98. The molecule has 2 rings (SSSR count). The minimum atomic E-state index is -0.954. The van der Waals surface area contributed by atoms with Gasteiger partial charge >= 0.3 is 0 Å². The molecule has 0 aromatic heterocycles. The molecular formula is C11H8BrF2NO2. The number of hydrogen-bond donors (Lipinski definition) is 1. The molecule has 1 saturated heterocycles. The van der Waals surface area contributed by atoms with Gasteiger partial charge in [0.05, 0.1) is 10.4 Å². The molecule has 3 nitrogen and oxygen atoms in total. The molecule has 90 valence electrons. The molecule has 1 fully saturated rings. The Kier molecular flexibility index (Phi) is 3.24. The van der Waals surface area contributed by atoms with Crippen molar-refractivity contribution in [2.24, 2.45) is 0 Å². The average Bonchev–Trinajstić information content (AvgIpc) is 2.27. The summed E-state index contributed by atoms with van der Waals surface area (Å²) in [5.74, 6) is -3.59. The summed E-state index contributed by atoms with van der Waals surface area (Å²) in [6.07, 6.45) is 0.205. The highest BCUT2D eigenvalue weighted by Crippen LogP contribution is 2.32. The average molecular weight is 304 g/mol. The third-order valence-corrected chi connectivity index (χ3v) is 3.28. The van der Waals surface area contributed by atoms with E-state index in [4.69, 9.17) is 0 Å². The van der Waals surface area contributed by atoms with Crippen LogP contribution in [0.25, 0.3) is 0 Å². The molecule has 0 radical (unpaired) electrons. The van der Waals surface area contributed by atoms with Crippen LogP contribution >= 0.6 is 15.9 Å². The van der Waals surface area contributed by atoms with Crippen molar-refractivity contribution in [1.82, 2.24) is 5.32 Å². The Labute approximate surface area is 104 Å². The van der Waals surface area contributed by atoms with E-state index in [2.05, 4.69) is 21.2 Å². The Morgan fingerprint density at radius 1 is 1.29 bits per heavy atom. The molecule has 0 saturated carbocycles. The SMILES string of the molecule is O=C1CCC(c2c(F)ccc(Br)c2F)C(=O)N1. The van der Waals surface area contributed by atoms with Gasteiger partial charge in [-0.3, -0.25) is 14.9 Å². The Balaban J connectivity index is 2.44. The third kappa shape index (κ3) is 2.22. The van der Waals surface area contributed by atoms with Gasteiger partial charge in [0.2, 0.25) is 11.8 Å². The van der Waals surface area contributed by atoms with Crippen molar-refractivity contribution in [2.75, 3.05) is 0 Å². The molecule has 0 aliphatic carbocycles. The number of halogens is 3. The number of carbonyl (C=O) groups is 2. The Morgan fingerprint density at radius 2 is 2.00 bits per heavy atom. The van der Waals surface area contributed by atoms with Gasteiger partial charge in [-0.1, -0.05) is 0 Å². The molecular weight excluding hydrogens is 296 g/mol. The first-order valence-corrected chi connectivity index (χ1v) is 5.77. The van der Waals surface area contributed by atoms with Crippen molar-refractivity contribution in [2.45, 2.75) is 18.8 Å². The van der Waals surface area contributed by atoms with Crippen LogP contribution in [0.15, 0.2) is 16.6 Å². The van der Waals surface area contributed by atoms with Gasteiger partial charge in [-0.15, -0.1) is 0 Å². The van der Waals surface area contributed by atoms with Gasteiger partial charge in [0.15, 0.2) is 0 Å². The number of amides is 2. The summed E-state index contributed by atoms with van der Waals surface area (Å²) in [4.78, 5) is 22.5. The van der Waals surface area contributed by atoms with E-state index in [0.717, 1.165) is 6.07 Å². The number of hydrogen-bond acceptors (Lipinski definition) is 2. The monoisotopic (exact) mass is 303 g/mol. The van der Waals surface area contributed by atoms with E-state index in [0.29, 0.717) is 0 Å². The molecule has 0 spiro atoms. The number of imide groups is 1. The normalized spacial score (nSPS) is 20.3. The van der Waals surface area contributed by atoms with E-state index in [9.17, 15) is 18.4 Å². The summed E-state index contributed by atoms with van der Waals surface area (Å²) in [5, 5.41) is 2.08. The molecule has 0 bridgehead atoms. The molecule has 1 aromatic rings. The van der Waals surface area contributed by atoms with Crippen molar-refractivity contribution in [3.8, 4) is 0 Å². The second-order valence-corrected chi connectivity index (χ2v) is 4.61. The van der Waals surface area contributed by atoms with Crippen LogP contribution in [-0.4, -0.2) is 11.8 Å². The fraction of sp³-hybridized carbons (Fsp3) is 0.273. The molecule has 17 heavy (non-hydrogen) atoms. The zero-order valence-electron chi connectivity index (χ0n) is 8.60. The van der Waals surface area contributed by atoms with E-state index in [-0.39, 0.29) is 22.9 Å². The van der Waals surface area contributed by atoms with Crippen LogP contribution in [-0.2, 0) is 9.59 Å². The molecule has 6 heteroatoms. The van der Waals surface area contributed by atoms with Gasteiger partial charge in [-0.25, -0.2) is 8.78 Å². The fourth-order valence-corrected chi connectivity index (χ4v) is 2.18. The highest BCUT2D eigenvalue weighted by Gasteiger charge is 2.32. The maximum atomic E-state index is 13.8. The van der Waals surface area contributed by atoms with E-state index in [1.807, 2.05) is 0 Å². The third-order valence-electron chi connectivity index (χ3n) is 2.67. The summed E-state index contributed by atoms with van der Waals surface area (Å²) >= 11 is 2.94. The second-order valence-electron chi connectivity index (χ2n) is 3.76. The lowest BCUT2D eigenvalue weighted by atomic mass is 9.90. The van der Waals surface area contributed by atoms with Crippen molar-refractivity contribution in [1.29, 1.82) is 0 Å². The minimum Gasteiger partial charge on any atom is -0.296 e. The summed E-state index contributed by atoms with van der Waals surface area (Å²) < 4.78 is 27.4. The molecule has 2 amide bonds. The fourth-order valence-electron chi connectivity index (χ4n) is 1.83. The number of piperidine rings is 1. The van der Waals surface area contributed by atoms with Crippen molar-refractivity contribution in [3.63, 3.8) is 0 Å². The van der Waals surface area contributed by atoms with Gasteiger partial charge in [0, 0.05) is 12.0 Å². The summed E-state index contributed by atoms with van der Waals surface area (Å²) in [7, 11) is 0. The topological polar surface area (TPSA) is 46.2 Å². The summed E-state index contributed by atoms with van der Waals surface area (Å²) in [5.41, 5.74) is -0.288. The minimum absolute atomic E-state index is 0.0851. The Bertz CT molecular complexity index is 504. The number of carbonyl (C=O) groups excluding carboxylic acids is 2. The maximum Gasteiger partial charge on any atom is 0.234 e. The summed E-state index contributed by atoms with van der Waals surface area (Å²) in [6, 6.07) is 2.33. The predicted octanol–water partition coefficient (Wildman–Crippen LogP) is 2.25. The first-order chi connectivity index (χ1) is 8.00. The molecule has 1 unspecified atom stereocenters. The van der Waals surface area contributed by atoms with Gasteiger partial charge in [-0.2, -0.15) is 0 Å². The second kappa shape index (κ2) is 4.52. The van der Waals surface area contributed by atoms with Crippen LogP contribution in [0.2, 0.25) is 0 Å². The van der Waals surface area contributed by atoms with Gasteiger partial charge in [-0.05, 0) is 34.5 Å². The highest BCUT2D eigenvalue weighted by atomic mass is 79.9. The highest BCUT2D eigenvalue weighted by molar-refractivity contribution is 9.10. The van der Waals surface area contributed by atoms with Crippen molar-refractivity contribution in [3.05, 3.63) is 33.8 Å². The largest absolute Gasteiger partial charge is 0.296 e. The Hall–Kier alpha value is -1.30. The molecule has 1 N–H and O–H groups in total. The molecule has 1 aliphatic rings. The number of rotatable bonds is 1. The smallest absolute Gasteiger partial charge is 0.234 e. The van der Waals surface area contributed by atoms with Crippen LogP contribution in [0.1, 0.15) is 24.3 Å². The molecule has 1 atom stereocenters. The maximum absolute atomic E-state index is 13.8. The van der Waals surface area contributed by atoms with Crippen LogP contribution < -0.4 is 5.32 Å². The summed E-state index contributed by atoms with van der Waals surface area (Å²) in [6.45, 7) is 0. The van der Waals surface area contributed by atoms with Crippen LogP contribution in [0.4, 0.5) is 8.78 Å². The zero-order valence-corrected chi connectivity index (χ0v) is 10.2. The van der Waals surface area contributed by atoms with E-state index in [1.165, 1.54) is 6.07 Å². The zero-order chi connectivity index (χ0) is 12.6.